The normalized spacial score (nSPS) is 10.7. The van der Waals surface area contributed by atoms with Gasteiger partial charge in [0, 0.05) is 11.9 Å². The van der Waals surface area contributed by atoms with Crippen LogP contribution in [0.4, 0.5) is 10.1 Å². The number of para-hydroxylation sites is 1. The van der Waals surface area contributed by atoms with Gasteiger partial charge in [0.2, 0.25) is 0 Å². The lowest BCUT2D eigenvalue weighted by Crippen LogP contribution is -2.16. The lowest BCUT2D eigenvalue weighted by Gasteiger charge is -2.13. The van der Waals surface area contributed by atoms with Crippen LogP contribution in [-0.2, 0) is 12.8 Å². The summed E-state index contributed by atoms with van der Waals surface area (Å²) >= 11 is 0. The van der Waals surface area contributed by atoms with Gasteiger partial charge in [-0.05, 0) is 54.3 Å². The SMILES string of the molecule is CCc1cccc(CC)c1NC(=O)c1ccn(-c2ccc(F)cc2)n1. The average Bonchev–Trinajstić information content (AvgIpc) is 3.12. The van der Waals surface area contributed by atoms with Crippen LogP contribution in [0.15, 0.2) is 54.7 Å². The number of amides is 1. The number of rotatable bonds is 5. The van der Waals surface area contributed by atoms with Gasteiger partial charge in [0.1, 0.15) is 5.82 Å². The topological polar surface area (TPSA) is 46.9 Å². The molecule has 5 heteroatoms. The first-order chi connectivity index (χ1) is 12.1. The molecule has 2 aromatic carbocycles. The number of carbonyl (C=O) groups is 1. The van der Waals surface area contributed by atoms with Crippen LogP contribution in [0.1, 0.15) is 35.5 Å². The molecule has 0 fully saturated rings. The maximum atomic E-state index is 13.0. The Morgan fingerprint density at radius 3 is 2.28 bits per heavy atom. The Morgan fingerprint density at radius 2 is 1.68 bits per heavy atom. The monoisotopic (exact) mass is 337 g/mol. The molecule has 0 bridgehead atoms. The molecule has 0 atom stereocenters. The van der Waals surface area contributed by atoms with Crippen molar-refractivity contribution in [3.05, 3.63) is 77.4 Å². The van der Waals surface area contributed by atoms with Crippen LogP contribution < -0.4 is 5.32 Å². The largest absolute Gasteiger partial charge is 0.320 e. The molecular weight excluding hydrogens is 317 g/mol. The van der Waals surface area contributed by atoms with E-state index in [0.717, 1.165) is 29.7 Å². The van der Waals surface area contributed by atoms with Gasteiger partial charge >= 0.3 is 0 Å². The highest BCUT2D eigenvalue weighted by molar-refractivity contribution is 6.03. The van der Waals surface area contributed by atoms with E-state index < -0.39 is 0 Å². The van der Waals surface area contributed by atoms with Gasteiger partial charge in [-0.3, -0.25) is 4.79 Å². The molecule has 1 heterocycles. The van der Waals surface area contributed by atoms with Crippen LogP contribution >= 0.6 is 0 Å². The third-order valence-corrected chi connectivity index (χ3v) is 4.15. The van der Waals surface area contributed by atoms with Gasteiger partial charge in [0.15, 0.2) is 5.69 Å². The quantitative estimate of drug-likeness (QED) is 0.750. The summed E-state index contributed by atoms with van der Waals surface area (Å²) in [5.41, 5.74) is 4.09. The zero-order valence-electron chi connectivity index (χ0n) is 14.3. The molecule has 128 valence electrons. The van der Waals surface area contributed by atoms with Crippen LogP contribution in [0.3, 0.4) is 0 Å². The number of hydrogen-bond donors (Lipinski definition) is 1. The van der Waals surface area contributed by atoms with Crippen molar-refractivity contribution < 1.29 is 9.18 Å². The van der Waals surface area contributed by atoms with E-state index in [2.05, 4.69) is 24.3 Å². The molecule has 4 nitrogen and oxygen atoms in total. The van der Waals surface area contributed by atoms with E-state index in [1.165, 1.54) is 12.1 Å². The minimum absolute atomic E-state index is 0.253. The van der Waals surface area contributed by atoms with Crippen LogP contribution in [0, 0.1) is 5.82 Å². The second-order valence-electron chi connectivity index (χ2n) is 5.73. The molecular formula is C20H20FN3O. The maximum Gasteiger partial charge on any atom is 0.276 e. The minimum Gasteiger partial charge on any atom is -0.320 e. The fourth-order valence-electron chi connectivity index (χ4n) is 2.76. The lowest BCUT2D eigenvalue weighted by molar-refractivity contribution is 0.102. The van der Waals surface area contributed by atoms with Crippen LogP contribution in [0.25, 0.3) is 5.69 Å². The molecule has 1 N–H and O–H groups in total. The molecule has 0 aliphatic carbocycles. The number of nitrogens with zero attached hydrogens (tertiary/aromatic N) is 2. The van der Waals surface area contributed by atoms with E-state index in [0.29, 0.717) is 11.4 Å². The Morgan fingerprint density at radius 1 is 1.04 bits per heavy atom. The highest BCUT2D eigenvalue weighted by atomic mass is 19.1. The molecule has 0 aliphatic rings. The Bertz CT molecular complexity index is 862. The van der Waals surface area contributed by atoms with Crippen molar-refractivity contribution in [1.29, 1.82) is 0 Å². The average molecular weight is 337 g/mol. The number of aryl methyl sites for hydroxylation is 2. The summed E-state index contributed by atoms with van der Waals surface area (Å²) in [7, 11) is 0. The second kappa shape index (κ2) is 7.30. The molecule has 3 rings (SSSR count). The molecule has 25 heavy (non-hydrogen) atoms. The van der Waals surface area contributed by atoms with Gasteiger partial charge in [0.05, 0.1) is 5.69 Å². The van der Waals surface area contributed by atoms with Gasteiger partial charge in [-0.2, -0.15) is 5.10 Å². The summed E-state index contributed by atoms with van der Waals surface area (Å²) in [6.45, 7) is 4.13. The van der Waals surface area contributed by atoms with E-state index in [-0.39, 0.29) is 11.7 Å². The van der Waals surface area contributed by atoms with E-state index in [1.54, 1.807) is 29.1 Å². The first-order valence-electron chi connectivity index (χ1n) is 8.36. The minimum atomic E-state index is -0.308. The van der Waals surface area contributed by atoms with Crippen molar-refractivity contribution >= 4 is 11.6 Å². The number of hydrogen-bond acceptors (Lipinski definition) is 2. The summed E-state index contributed by atoms with van der Waals surface area (Å²) in [5, 5.41) is 7.30. The first-order valence-corrected chi connectivity index (χ1v) is 8.36. The molecule has 0 saturated heterocycles. The van der Waals surface area contributed by atoms with Crippen molar-refractivity contribution in [3.63, 3.8) is 0 Å². The third-order valence-electron chi connectivity index (χ3n) is 4.15. The number of aromatic nitrogens is 2. The van der Waals surface area contributed by atoms with Gasteiger partial charge in [-0.25, -0.2) is 9.07 Å². The Kier molecular flexibility index (Phi) is 4.93. The van der Waals surface area contributed by atoms with Gasteiger partial charge in [0.25, 0.3) is 5.91 Å². The molecule has 3 aromatic rings. The first kappa shape index (κ1) is 16.9. The zero-order chi connectivity index (χ0) is 17.8. The molecule has 0 aliphatic heterocycles. The summed E-state index contributed by atoms with van der Waals surface area (Å²) in [6, 6.07) is 13.7. The number of halogens is 1. The second-order valence-corrected chi connectivity index (χ2v) is 5.73. The van der Waals surface area contributed by atoms with E-state index in [1.807, 2.05) is 18.2 Å². The number of nitrogens with one attached hydrogen (secondary N) is 1. The smallest absolute Gasteiger partial charge is 0.276 e. The Labute approximate surface area is 146 Å². The summed E-state index contributed by atoms with van der Waals surface area (Å²) in [4.78, 5) is 12.6. The predicted molar refractivity (Wildman–Crippen MR) is 96.7 cm³/mol. The van der Waals surface area contributed by atoms with Gasteiger partial charge in [-0.1, -0.05) is 32.0 Å². The molecule has 0 radical (unpaired) electrons. The summed E-state index contributed by atoms with van der Waals surface area (Å²) in [6.07, 6.45) is 3.37. The van der Waals surface area contributed by atoms with Gasteiger partial charge in [-0.15, -0.1) is 0 Å². The zero-order valence-corrected chi connectivity index (χ0v) is 14.3. The lowest BCUT2D eigenvalue weighted by atomic mass is 10.0. The fourth-order valence-corrected chi connectivity index (χ4v) is 2.76. The highest BCUT2D eigenvalue weighted by Crippen LogP contribution is 2.23. The molecule has 0 saturated carbocycles. The number of anilines is 1. The molecule has 1 amide bonds. The fraction of sp³-hybridized carbons (Fsp3) is 0.200. The third kappa shape index (κ3) is 3.60. The van der Waals surface area contributed by atoms with Crippen LogP contribution in [0.5, 0.6) is 0 Å². The number of benzene rings is 2. The van der Waals surface area contributed by atoms with Crippen LogP contribution in [-0.4, -0.2) is 15.7 Å². The van der Waals surface area contributed by atoms with Crippen molar-refractivity contribution in [2.24, 2.45) is 0 Å². The Balaban J connectivity index is 1.84. The van der Waals surface area contributed by atoms with Crippen molar-refractivity contribution in [1.82, 2.24) is 9.78 Å². The van der Waals surface area contributed by atoms with Crippen molar-refractivity contribution in [2.75, 3.05) is 5.32 Å². The predicted octanol–water partition coefficient (Wildman–Crippen LogP) is 4.39. The van der Waals surface area contributed by atoms with E-state index >= 15 is 0 Å². The van der Waals surface area contributed by atoms with Crippen molar-refractivity contribution in [3.8, 4) is 5.69 Å². The molecule has 0 spiro atoms. The standard InChI is InChI=1S/C20H20FN3O/c1-3-14-6-5-7-15(4-2)19(14)22-20(25)18-12-13-24(23-18)17-10-8-16(21)9-11-17/h5-13H,3-4H2,1-2H3,(H,22,25). The molecule has 0 unspecified atom stereocenters. The highest BCUT2D eigenvalue weighted by Gasteiger charge is 2.14. The van der Waals surface area contributed by atoms with E-state index in [9.17, 15) is 9.18 Å². The summed E-state index contributed by atoms with van der Waals surface area (Å²) in [5.74, 6) is -0.561. The van der Waals surface area contributed by atoms with Gasteiger partial charge < -0.3 is 5.32 Å². The Hall–Kier alpha value is -2.95. The van der Waals surface area contributed by atoms with Crippen LogP contribution in [0.2, 0.25) is 0 Å². The number of carbonyl (C=O) groups excluding carboxylic acids is 1. The van der Waals surface area contributed by atoms with E-state index in [4.69, 9.17) is 0 Å². The molecule has 1 aromatic heterocycles. The summed E-state index contributed by atoms with van der Waals surface area (Å²) < 4.78 is 14.6. The maximum absolute atomic E-state index is 13.0. The van der Waals surface area contributed by atoms with Crippen molar-refractivity contribution in [2.45, 2.75) is 26.7 Å².